The number of carbonyl (C=O) groups is 1. The lowest BCUT2D eigenvalue weighted by atomic mass is 10.1. The van der Waals surface area contributed by atoms with Gasteiger partial charge >= 0.3 is 0 Å². The maximum atomic E-state index is 13.0. The van der Waals surface area contributed by atoms with Crippen molar-refractivity contribution in [1.29, 1.82) is 5.26 Å². The first-order valence-corrected chi connectivity index (χ1v) is 13.2. The summed E-state index contributed by atoms with van der Waals surface area (Å²) >= 11 is 0. The molecule has 0 radical (unpaired) electrons. The summed E-state index contributed by atoms with van der Waals surface area (Å²) in [5.41, 5.74) is 3.07. The molecule has 2 aromatic carbocycles. The Bertz CT molecular complexity index is 1480. The van der Waals surface area contributed by atoms with Crippen LogP contribution in [0.2, 0.25) is 0 Å². The second kappa shape index (κ2) is 15.5. The summed E-state index contributed by atoms with van der Waals surface area (Å²) in [5.74, 6) is 2.53. The molecule has 0 bridgehead atoms. The predicted octanol–water partition coefficient (Wildman–Crippen LogP) is 2.64. The molecular weight excluding hydrogens is 542 g/mol. The summed E-state index contributed by atoms with van der Waals surface area (Å²) in [4.78, 5) is 27.9. The number of nitrogens with one attached hydrogen (secondary N) is 2. The Balaban J connectivity index is 1.64. The van der Waals surface area contributed by atoms with Gasteiger partial charge in [0.15, 0.2) is 0 Å². The van der Waals surface area contributed by atoms with Crippen molar-refractivity contribution in [2.75, 3.05) is 56.8 Å². The molecule has 1 aromatic heterocycles. The van der Waals surface area contributed by atoms with Crippen molar-refractivity contribution in [3.8, 4) is 24.2 Å². The van der Waals surface area contributed by atoms with E-state index in [1.165, 1.54) is 18.3 Å². The van der Waals surface area contributed by atoms with Gasteiger partial charge < -0.3 is 30.3 Å². The number of terminal acetylenes is 1. The van der Waals surface area contributed by atoms with Gasteiger partial charge in [-0.3, -0.25) is 19.5 Å². The van der Waals surface area contributed by atoms with Crippen molar-refractivity contribution in [2.45, 2.75) is 12.5 Å². The monoisotopic (exact) mass is 573 g/mol. The number of hydroxylamine groups is 2. The third-order valence-corrected chi connectivity index (χ3v) is 6.00. The van der Waals surface area contributed by atoms with Gasteiger partial charge in [0.2, 0.25) is 5.91 Å². The molecule has 42 heavy (non-hydrogen) atoms. The lowest BCUT2D eigenvalue weighted by molar-refractivity contribution is -0.365. The minimum atomic E-state index is -0.466. The Morgan fingerprint density at radius 2 is 2.05 bits per heavy atom. The van der Waals surface area contributed by atoms with E-state index in [9.17, 15) is 10.1 Å². The second-order valence-electron chi connectivity index (χ2n) is 9.00. The highest BCUT2D eigenvalue weighted by atomic mass is 16.9. The summed E-state index contributed by atoms with van der Waals surface area (Å²) in [5, 5.41) is 35.6. The van der Waals surface area contributed by atoms with Gasteiger partial charge in [-0.1, -0.05) is 23.3 Å². The van der Waals surface area contributed by atoms with E-state index in [1.807, 2.05) is 12.1 Å². The zero-order chi connectivity index (χ0) is 29.7. The highest BCUT2D eigenvalue weighted by Crippen LogP contribution is 2.37. The number of benzene rings is 2. The summed E-state index contributed by atoms with van der Waals surface area (Å²) in [6, 6.07) is 12.8. The molecule has 0 saturated carbocycles. The molecule has 1 aliphatic rings. The summed E-state index contributed by atoms with van der Waals surface area (Å²) in [6.07, 6.45) is 10.3. The van der Waals surface area contributed by atoms with Gasteiger partial charge in [-0.2, -0.15) is 5.26 Å². The van der Waals surface area contributed by atoms with Crippen molar-refractivity contribution < 1.29 is 34.2 Å². The number of anilines is 3. The minimum absolute atomic E-state index is 0.0176. The first kappa shape index (κ1) is 30.4. The van der Waals surface area contributed by atoms with E-state index >= 15 is 0 Å². The number of fused-ring (bicyclic) bond motifs is 1. The number of hydrogen-bond acceptors (Lipinski definition) is 11. The molecule has 1 unspecified atom stereocenters. The molecule has 2 heterocycles. The van der Waals surface area contributed by atoms with Crippen molar-refractivity contribution in [3.63, 3.8) is 0 Å². The number of aliphatic hydroxyl groups is 2. The fourth-order valence-electron chi connectivity index (χ4n) is 4.10. The zero-order valence-electron chi connectivity index (χ0n) is 22.8. The minimum Gasteiger partial charge on any atom is -0.486 e. The number of amides is 1. The number of carbonyl (C=O) groups excluding carboxylic acids is 1. The van der Waals surface area contributed by atoms with E-state index in [1.54, 1.807) is 24.3 Å². The number of aromatic nitrogens is 1. The average molecular weight is 574 g/mol. The molecule has 218 valence electrons. The van der Waals surface area contributed by atoms with Crippen LogP contribution in [0.3, 0.4) is 0 Å². The predicted molar refractivity (Wildman–Crippen MR) is 155 cm³/mol. The summed E-state index contributed by atoms with van der Waals surface area (Å²) in [7, 11) is 0. The highest BCUT2D eigenvalue weighted by Gasteiger charge is 2.21. The lowest BCUT2D eigenvalue weighted by Crippen LogP contribution is -2.27. The number of aliphatic hydroxyl groups excluding tert-OH is 2. The number of nitriles is 1. The van der Waals surface area contributed by atoms with Crippen LogP contribution in [-0.2, 0) is 19.2 Å². The molecule has 4 rings (SSSR count). The quantitative estimate of drug-likeness (QED) is 0.128. The number of hydrogen-bond donors (Lipinski definition) is 4. The first-order valence-electron chi connectivity index (χ1n) is 13.2. The van der Waals surface area contributed by atoms with Crippen LogP contribution in [0.1, 0.15) is 17.5 Å². The Kier molecular flexibility index (Phi) is 11.2. The van der Waals surface area contributed by atoms with E-state index in [2.05, 4.69) is 27.6 Å². The normalized spacial score (nSPS) is 14.6. The molecule has 0 aliphatic carbocycles. The van der Waals surface area contributed by atoms with E-state index in [-0.39, 0.29) is 39.1 Å². The number of ether oxygens (including phenoxy) is 2. The van der Waals surface area contributed by atoms with Gasteiger partial charge in [0.25, 0.3) is 0 Å². The smallest absolute Gasteiger partial charge is 0.248 e. The molecule has 1 amide bonds. The second-order valence-corrected chi connectivity index (χ2v) is 9.00. The van der Waals surface area contributed by atoms with Gasteiger partial charge in [-0.15, -0.1) is 6.42 Å². The van der Waals surface area contributed by atoms with Gasteiger partial charge in [-0.05, 0) is 24.3 Å². The van der Waals surface area contributed by atoms with E-state index in [0.29, 0.717) is 64.5 Å². The first-order chi connectivity index (χ1) is 20.5. The summed E-state index contributed by atoms with van der Waals surface area (Å²) < 4.78 is 11.6. The lowest BCUT2D eigenvalue weighted by Gasteiger charge is -2.19. The van der Waals surface area contributed by atoms with Crippen LogP contribution in [0.15, 0.2) is 54.7 Å². The van der Waals surface area contributed by atoms with Crippen molar-refractivity contribution >= 4 is 33.9 Å². The molecule has 12 nitrogen and oxygen atoms in total. The van der Waals surface area contributed by atoms with Crippen LogP contribution in [0.4, 0.5) is 17.1 Å². The fourth-order valence-corrected chi connectivity index (χ4v) is 4.10. The SMILES string of the molecule is C#Cc1cccc(Nc2c(C#N)cnc3cc(OC4CCOC4)c(NC(=O)/C=C/CN(OCCO)OCCO)cc23)c1. The zero-order valence-corrected chi connectivity index (χ0v) is 22.8. The van der Waals surface area contributed by atoms with Crippen LogP contribution in [0, 0.1) is 23.7 Å². The molecule has 4 N–H and O–H groups in total. The Morgan fingerprint density at radius 1 is 1.24 bits per heavy atom. The standard InChI is InChI=1S/C30H31N5O7/c1-2-21-5-3-6-23(15-21)33-30-22(18-31)19-32-26-17-28(42-24-8-12-39-20-24)27(16-25(26)30)34-29(38)7-4-9-35(40-13-10-36)41-14-11-37/h1,3-7,15-17,19,24,36-37H,8-14,20H2,(H,32,33)(H,34,38)/b7-4+. The van der Waals surface area contributed by atoms with Crippen molar-refractivity contribution in [2.24, 2.45) is 0 Å². The third kappa shape index (κ3) is 8.25. The number of pyridine rings is 1. The van der Waals surface area contributed by atoms with Gasteiger partial charge in [0, 0.05) is 41.4 Å². The van der Waals surface area contributed by atoms with E-state index in [4.69, 9.17) is 35.8 Å². The number of nitrogens with zero attached hydrogens (tertiary/aromatic N) is 3. The van der Waals surface area contributed by atoms with Crippen LogP contribution in [-0.4, -0.2) is 78.6 Å². The topological polar surface area (TPSA) is 158 Å². The van der Waals surface area contributed by atoms with Crippen LogP contribution in [0.5, 0.6) is 5.75 Å². The van der Waals surface area contributed by atoms with Gasteiger partial charge in [-0.25, -0.2) is 0 Å². The van der Waals surface area contributed by atoms with Crippen LogP contribution >= 0.6 is 0 Å². The third-order valence-electron chi connectivity index (χ3n) is 6.00. The Hall–Kier alpha value is -4.53. The van der Waals surface area contributed by atoms with Crippen molar-refractivity contribution in [1.82, 2.24) is 10.2 Å². The Labute approximate surface area is 243 Å². The molecule has 12 heteroatoms. The van der Waals surface area contributed by atoms with E-state index in [0.717, 1.165) is 5.23 Å². The maximum absolute atomic E-state index is 13.0. The largest absolute Gasteiger partial charge is 0.486 e. The molecule has 1 aliphatic heterocycles. The van der Waals surface area contributed by atoms with Crippen LogP contribution in [0.25, 0.3) is 10.9 Å². The van der Waals surface area contributed by atoms with E-state index < -0.39 is 5.91 Å². The van der Waals surface area contributed by atoms with Crippen LogP contribution < -0.4 is 15.4 Å². The molecule has 3 aromatic rings. The Morgan fingerprint density at radius 3 is 2.74 bits per heavy atom. The average Bonchev–Trinajstić information content (AvgIpc) is 3.52. The molecule has 0 spiro atoms. The maximum Gasteiger partial charge on any atom is 0.248 e. The van der Waals surface area contributed by atoms with Gasteiger partial charge in [0.1, 0.15) is 17.9 Å². The molecule has 1 fully saturated rings. The van der Waals surface area contributed by atoms with Crippen molar-refractivity contribution in [3.05, 3.63) is 65.9 Å². The van der Waals surface area contributed by atoms with Gasteiger partial charge in [0.05, 0.1) is 68.6 Å². The summed E-state index contributed by atoms with van der Waals surface area (Å²) in [6.45, 7) is 0.552. The molecule has 1 saturated heterocycles. The fraction of sp³-hybridized carbons (Fsp3) is 0.300. The molecule has 1 atom stereocenters. The molecular formula is C30H31N5O7. The number of rotatable bonds is 14. The highest BCUT2D eigenvalue weighted by molar-refractivity contribution is 6.04.